The third-order valence-corrected chi connectivity index (χ3v) is 3.56. The van der Waals surface area contributed by atoms with Crippen molar-refractivity contribution in [2.75, 3.05) is 7.11 Å². The fourth-order valence-corrected chi connectivity index (χ4v) is 2.38. The second-order valence-corrected chi connectivity index (χ2v) is 5.17. The van der Waals surface area contributed by atoms with Crippen molar-refractivity contribution >= 4 is 22.7 Å². The van der Waals surface area contributed by atoms with Gasteiger partial charge in [0.05, 0.1) is 23.7 Å². The first-order valence-corrected chi connectivity index (χ1v) is 7.07. The van der Waals surface area contributed by atoms with E-state index in [0.29, 0.717) is 22.7 Å². The highest BCUT2D eigenvalue weighted by Crippen LogP contribution is 2.32. The number of aromatic amines is 1. The molecule has 0 unspecified atom stereocenters. The molecule has 0 radical (unpaired) electrons. The summed E-state index contributed by atoms with van der Waals surface area (Å²) in [6.45, 7) is 2.00. The smallest absolute Gasteiger partial charge is 0.165 e. The van der Waals surface area contributed by atoms with Crippen LogP contribution in [0.15, 0.2) is 36.4 Å². The van der Waals surface area contributed by atoms with E-state index in [2.05, 4.69) is 16.0 Å². The van der Waals surface area contributed by atoms with E-state index >= 15 is 0 Å². The third-order valence-electron chi connectivity index (χ3n) is 3.56. The number of aromatic hydroxyl groups is 1. The zero-order chi connectivity index (χ0) is 16.4. The number of nitrogens with zero attached hydrogens (tertiary/aromatic N) is 2. The Morgan fingerprint density at radius 2 is 2.17 bits per heavy atom. The van der Waals surface area contributed by atoms with E-state index in [0.717, 1.165) is 16.6 Å². The quantitative estimate of drug-likeness (QED) is 0.724. The molecule has 1 heterocycles. The molecule has 2 N–H and O–H groups in total. The molecular weight excluding hydrogens is 290 g/mol. The van der Waals surface area contributed by atoms with Crippen molar-refractivity contribution in [3.8, 4) is 17.6 Å². The number of nitriles is 1. The highest BCUT2D eigenvalue weighted by Gasteiger charge is 2.11. The number of aryl methyl sites for hydroxylation is 1. The van der Waals surface area contributed by atoms with Crippen LogP contribution in [0.4, 0.5) is 0 Å². The van der Waals surface area contributed by atoms with E-state index in [1.165, 1.54) is 7.11 Å². The number of H-pyrrole nitrogens is 1. The number of phenolic OH excluding ortho intramolecular Hbond substituents is 1. The normalized spacial score (nSPS) is 11.4. The molecule has 3 rings (SSSR count). The van der Waals surface area contributed by atoms with Gasteiger partial charge >= 0.3 is 0 Å². The van der Waals surface area contributed by atoms with E-state index in [-0.39, 0.29) is 5.75 Å². The van der Waals surface area contributed by atoms with Gasteiger partial charge < -0.3 is 14.8 Å². The Morgan fingerprint density at radius 1 is 1.35 bits per heavy atom. The SMILES string of the molecule is COc1cccc(C=C(C#N)c2nc3ccc(C)cc3[nH]2)c1O. The van der Waals surface area contributed by atoms with Crippen molar-refractivity contribution < 1.29 is 9.84 Å². The number of imidazole rings is 1. The van der Waals surface area contributed by atoms with Gasteiger partial charge in [-0.1, -0.05) is 18.2 Å². The summed E-state index contributed by atoms with van der Waals surface area (Å²) in [6.07, 6.45) is 1.59. The number of rotatable bonds is 3. The van der Waals surface area contributed by atoms with Gasteiger partial charge in [0.25, 0.3) is 0 Å². The summed E-state index contributed by atoms with van der Waals surface area (Å²) in [5, 5.41) is 19.6. The highest BCUT2D eigenvalue weighted by atomic mass is 16.5. The molecule has 0 saturated carbocycles. The number of aromatic nitrogens is 2. The molecular formula is C18H15N3O2. The molecule has 5 nitrogen and oxygen atoms in total. The third kappa shape index (κ3) is 2.74. The molecule has 114 valence electrons. The largest absolute Gasteiger partial charge is 0.504 e. The number of para-hydroxylation sites is 1. The highest BCUT2D eigenvalue weighted by molar-refractivity contribution is 5.91. The van der Waals surface area contributed by atoms with Crippen LogP contribution in [0.1, 0.15) is 17.0 Å². The van der Waals surface area contributed by atoms with Gasteiger partial charge in [-0.05, 0) is 36.8 Å². The van der Waals surface area contributed by atoms with Crippen LogP contribution in [0, 0.1) is 18.3 Å². The lowest BCUT2D eigenvalue weighted by atomic mass is 10.1. The Hall–Kier alpha value is -3.26. The zero-order valence-corrected chi connectivity index (χ0v) is 12.8. The Kier molecular flexibility index (Phi) is 3.73. The number of benzene rings is 2. The maximum Gasteiger partial charge on any atom is 0.165 e. The summed E-state index contributed by atoms with van der Waals surface area (Å²) >= 11 is 0. The van der Waals surface area contributed by atoms with Crippen molar-refractivity contribution in [3.05, 3.63) is 53.3 Å². The maximum atomic E-state index is 10.1. The predicted octanol–water partition coefficient (Wildman–Crippen LogP) is 3.65. The summed E-state index contributed by atoms with van der Waals surface area (Å²) in [7, 11) is 1.48. The number of ether oxygens (including phenoxy) is 1. The van der Waals surface area contributed by atoms with Crippen molar-refractivity contribution in [3.63, 3.8) is 0 Å². The van der Waals surface area contributed by atoms with Gasteiger partial charge in [0.2, 0.25) is 0 Å². The molecule has 0 amide bonds. The average Bonchev–Trinajstić information content (AvgIpc) is 2.96. The first kappa shape index (κ1) is 14.7. The summed E-state index contributed by atoms with van der Waals surface area (Å²) in [4.78, 5) is 7.58. The molecule has 0 atom stereocenters. The van der Waals surface area contributed by atoms with E-state index in [1.807, 2.05) is 25.1 Å². The average molecular weight is 305 g/mol. The van der Waals surface area contributed by atoms with Crippen LogP contribution in [-0.2, 0) is 0 Å². The Bertz CT molecular complexity index is 949. The lowest BCUT2D eigenvalue weighted by molar-refractivity contribution is 0.373. The van der Waals surface area contributed by atoms with Gasteiger partial charge in [0.1, 0.15) is 11.9 Å². The molecule has 5 heteroatoms. The lowest BCUT2D eigenvalue weighted by Crippen LogP contribution is -1.88. The first-order valence-electron chi connectivity index (χ1n) is 7.07. The topological polar surface area (TPSA) is 81.9 Å². The second kappa shape index (κ2) is 5.85. The molecule has 0 bridgehead atoms. The van der Waals surface area contributed by atoms with E-state index in [9.17, 15) is 10.4 Å². The number of hydrogen-bond donors (Lipinski definition) is 2. The Morgan fingerprint density at radius 3 is 2.91 bits per heavy atom. The van der Waals surface area contributed by atoms with Crippen molar-refractivity contribution in [1.29, 1.82) is 5.26 Å². The predicted molar refractivity (Wildman–Crippen MR) is 89.0 cm³/mol. The van der Waals surface area contributed by atoms with Crippen LogP contribution >= 0.6 is 0 Å². The molecule has 0 saturated heterocycles. The van der Waals surface area contributed by atoms with Gasteiger partial charge in [-0.25, -0.2) is 4.98 Å². The van der Waals surface area contributed by atoms with Crippen LogP contribution in [0.25, 0.3) is 22.7 Å². The van der Waals surface area contributed by atoms with E-state index in [4.69, 9.17) is 4.74 Å². The summed E-state index contributed by atoms with van der Waals surface area (Å²) in [5.74, 6) is 0.821. The van der Waals surface area contributed by atoms with Crippen molar-refractivity contribution in [1.82, 2.24) is 9.97 Å². The van der Waals surface area contributed by atoms with Gasteiger partial charge in [0.15, 0.2) is 11.5 Å². The molecule has 0 aliphatic heterocycles. The van der Waals surface area contributed by atoms with Crippen LogP contribution in [0.3, 0.4) is 0 Å². The molecule has 3 aromatic rings. The maximum absolute atomic E-state index is 10.1. The number of hydrogen-bond acceptors (Lipinski definition) is 4. The zero-order valence-electron chi connectivity index (χ0n) is 12.8. The van der Waals surface area contributed by atoms with Gasteiger partial charge in [-0.15, -0.1) is 0 Å². The molecule has 0 spiro atoms. The molecule has 0 fully saturated rings. The Labute approximate surface area is 133 Å². The molecule has 23 heavy (non-hydrogen) atoms. The minimum Gasteiger partial charge on any atom is -0.504 e. The number of allylic oxidation sites excluding steroid dienone is 1. The van der Waals surface area contributed by atoms with Crippen molar-refractivity contribution in [2.45, 2.75) is 6.92 Å². The van der Waals surface area contributed by atoms with Crippen molar-refractivity contribution in [2.24, 2.45) is 0 Å². The number of nitrogens with one attached hydrogen (secondary N) is 1. The first-order chi connectivity index (χ1) is 11.1. The summed E-state index contributed by atoms with van der Waals surface area (Å²) < 4.78 is 5.08. The molecule has 2 aromatic carbocycles. The minimum atomic E-state index is -0.00490. The van der Waals surface area contributed by atoms with Crippen LogP contribution < -0.4 is 4.74 Å². The standard InChI is InChI=1S/C18H15N3O2/c1-11-6-7-14-15(8-11)21-18(20-14)13(10-19)9-12-4-3-5-16(23-2)17(12)22/h3-9,22H,1-2H3,(H,20,21). The van der Waals surface area contributed by atoms with Gasteiger partial charge in [-0.2, -0.15) is 5.26 Å². The van der Waals surface area contributed by atoms with Crippen LogP contribution in [0.5, 0.6) is 11.5 Å². The number of methoxy groups -OCH3 is 1. The van der Waals surface area contributed by atoms with Gasteiger partial charge in [0, 0.05) is 5.56 Å². The van der Waals surface area contributed by atoms with Gasteiger partial charge in [-0.3, -0.25) is 0 Å². The Balaban J connectivity index is 2.10. The second-order valence-electron chi connectivity index (χ2n) is 5.17. The number of fused-ring (bicyclic) bond motifs is 1. The minimum absolute atomic E-state index is 0.00490. The fourth-order valence-electron chi connectivity index (χ4n) is 2.38. The monoisotopic (exact) mass is 305 g/mol. The molecule has 1 aromatic heterocycles. The van der Waals surface area contributed by atoms with E-state index in [1.54, 1.807) is 24.3 Å². The summed E-state index contributed by atoms with van der Waals surface area (Å²) in [5.41, 5.74) is 3.61. The fraction of sp³-hybridized carbons (Fsp3) is 0.111. The van der Waals surface area contributed by atoms with Crippen LogP contribution in [0.2, 0.25) is 0 Å². The summed E-state index contributed by atoms with van der Waals surface area (Å²) in [6, 6.07) is 13.1. The lowest BCUT2D eigenvalue weighted by Gasteiger charge is -2.05. The molecule has 0 aliphatic carbocycles. The molecule has 0 aliphatic rings. The van der Waals surface area contributed by atoms with E-state index < -0.39 is 0 Å². The van der Waals surface area contributed by atoms with Crippen LogP contribution in [-0.4, -0.2) is 22.2 Å². The number of phenols is 1.